The zero-order valence-corrected chi connectivity index (χ0v) is 14.3. The van der Waals surface area contributed by atoms with Gasteiger partial charge in [0.05, 0.1) is 5.02 Å². The molecule has 0 N–H and O–H groups in total. The Kier molecular flexibility index (Phi) is 4.74. The van der Waals surface area contributed by atoms with Gasteiger partial charge in [-0.2, -0.15) is 0 Å². The molecule has 116 valence electrons. The molecule has 0 amide bonds. The third-order valence-electron chi connectivity index (χ3n) is 3.23. The molecule has 0 saturated carbocycles. The Bertz CT molecular complexity index is 862. The molecule has 0 aliphatic rings. The summed E-state index contributed by atoms with van der Waals surface area (Å²) >= 11 is 24.4. The number of hydrogen-bond donors (Lipinski definition) is 0. The molecule has 2 aromatic carbocycles. The van der Waals surface area contributed by atoms with Crippen LogP contribution in [0.25, 0.3) is 22.3 Å². The molecular weight excluding hydrogens is 381 g/mol. The lowest BCUT2D eigenvalue weighted by atomic mass is 9.97. The van der Waals surface area contributed by atoms with Crippen LogP contribution < -0.4 is 0 Å². The van der Waals surface area contributed by atoms with Gasteiger partial charge in [-0.3, -0.25) is 0 Å². The van der Waals surface area contributed by atoms with E-state index in [2.05, 4.69) is 10.2 Å². The topological polar surface area (TPSA) is 25.8 Å². The lowest BCUT2D eigenvalue weighted by Gasteiger charge is -2.14. The third-order valence-corrected chi connectivity index (χ3v) is 4.33. The quantitative estimate of drug-likeness (QED) is 0.497. The summed E-state index contributed by atoms with van der Waals surface area (Å²) < 4.78 is 14.4. The maximum atomic E-state index is 14.4. The zero-order chi connectivity index (χ0) is 16.6. The Morgan fingerprint density at radius 1 is 0.696 bits per heavy atom. The fourth-order valence-electron chi connectivity index (χ4n) is 2.24. The minimum atomic E-state index is -0.529. The summed E-state index contributed by atoms with van der Waals surface area (Å²) in [5.74, 6) is -0.529. The predicted octanol–water partition coefficient (Wildman–Crippen LogP) is 6.56. The van der Waals surface area contributed by atoms with Crippen molar-refractivity contribution in [1.29, 1.82) is 0 Å². The molecular formula is C16H7Cl4FN2. The molecule has 0 bridgehead atoms. The van der Waals surface area contributed by atoms with Crippen LogP contribution in [0.5, 0.6) is 0 Å². The van der Waals surface area contributed by atoms with Gasteiger partial charge in [-0.25, -0.2) is 4.39 Å². The highest BCUT2D eigenvalue weighted by Gasteiger charge is 2.22. The van der Waals surface area contributed by atoms with Gasteiger partial charge in [0.15, 0.2) is 10.3 Å². The van der Waals surface area contributed by atoms with Crippen molar-refractivity contribution in [3.8, 4) is 22.3 Å². The molecule has 2 nitrogen and oxygen atoms in total. The second-order valence-electron chi connectivity index (χ2n) is 4.64. The maximum absolute atomic E-state index is 14.4. The van der Waals surface area contributed by atoms with Crippen molar-refractivity contribution in [2.75, 3.05) is 0 Å². The highest BCUT2D eigenvalue weighted by atomic mass is 35.5. The average Bonchev–Trinajstić information content (AvgIpc) is 2.52. The first kappa shape index (κ1) is 16.5. The third kappa shape index (κ3) is 3.15. The minimum Gasteiger partial charge on any atom is -0.206 e. The Labute approximate surface area is 151 Å². The maximum Gasteiger partial charge on any atom is 0.160 e. The Morgan fingerprint density at radius 2 is 1.30 bits per heavy atom. The molecule has 1 aromatic heterocycles. The molecule has 0 unspecified atom stereocenters. The first-order valence-corrected chi connectivity index (χ1v) is 7.92. The number of halogens is 5. The van der Waals surface area contributed by atoms with Crippen LogP contribution in [-0.4, -0.2) is 10.2 Å². The van der Waals surface area contributed by atoms with E-state index in [0.717, 1.165) is 0 Å². The van der Waals surface area contributed by atoms with Gasteiger partial charge in [0.25, 0.3) is 0 Å². The smallest absolute Gasteiger partial charge is 0.160 e. The second-order valence-corrected chi connectivity index (χ2v) is 6.19. The molecule has 0 spiro atoms. The van der Waals surface area contributed by atoms with Crippen LogP contribution in [0.4, 0.5) is 4.39 Å². The molecule has 0 aliphatic heterocycles. The summed E-state index contributed by atoms with van der Waals surface area (Å²) in [4.78, 5) is 0. The van der Waals surface area contributed by atoms with Crippen molar-refractivity contribution >= 4 is 46.4 Å². The van der Waals surface area contributed by atoms with E-state index in [9.17, 15) is 4.39 Å². The monoisotopic (exact) mass is 386 g/mol. The molecule has 3 rings (SSSR count). The molecule has 0 atom stereocenters. The van der Waals surface area contributed by atoms with E-state index in [1.165, 1.54) is 12.1 Å². The van der Waals surface area contributed by atoms with Gasteiger partial charge in [0, 0.05) is 21.7 Å². The summed E-state index contributed by atoms with van der Waals surface area (Å²) in [6, 6.07) is 11.2. The highest BCUT2D eigenvalue weighted by Crippen LogP contribution is 2.43. The lowest BCUT2D eigenvalue weighted by Crippen LogP contribution is -1.97. The van der Waals surface area contributed by atoms with E-state index in [1.54, 1.807) is 30.3 Å². The molecule has 23 heavy (non-hydrogen) atoms. The zero-order valence-electron chi connectivity index (χ0n) is 11.3. The molecule has 7 heteroatoms. The fourth-order valence-corrected chi connectivity index (χ4v) is 3.09. The molecule has 0 aliphatic carbocycles. The minimum absolute atomic E-state index is 0.00588. The van der Waals surface area contributed by atoms with Gasteiger partial charge >= 0.3 is 0 Å². The Balaban J connectivity index is 2.37. The van der Waals surface area contributed by atoms with Crippen molar-refractivity contribution in [1.82, 2.24) is 10.2 Å². The van der Waals surface area contributed by atoms with Crippen LogP contribution in [0, 0.1) is 5.82 Å². The molecule has 1 heterocycles. The summed E-state index contributed by atoms with van der Waals surface area (Å²) in [6.07, 6.45) is 0. The van der Waals surface area contributed by atoms with Gasteiger partial charge in [-0.1, -0.05) is 64.6 Å². The SMILES string of the molecule is Fc1cccc(Cl)c1-c1c(Cl)nnc(Cl)c1-c1ccc(Cl)cc1. The van der Waals surface area contributed by atoms with Crippen LogP contribution in [0.2, 0.25) is 20.4 Å². The number of benzene rings is 2. The van der Waals surface area contributed by atoms with E-state index >= 15 is 0 Å². The van der Waals surface area contributed by atoms with Gasteiger partial charge in [0.2, 0.25) is 0 Å². The number of rotatable bonds is 2. The largest absolute Gasteiger partial charge is 0.206 e. The normalized spacial score (nSPS) is 10.8. The second kappa shape index (κ2) is 6.62. The molecule has 0 fully saturated rings. The van der Waals surface area contributed by atoms with Crippen LogP contribution in [0.1, 0.15) is 0 Å². The van der Waals surface area contributed by atoms with Crippen LogP contribution in [-0.2, 0) is 0 Å². The van der Waals surface area contributed by atoms with E-state index < -0.39 is 5.82 Å². The van der Waals surface area contributed by atoms with Crippen LogP contribution >= 0.6 is 46.4 Å². The van der Waals surface area contributed by atoms with Crippen molar-refractivity contribution in [2.24, 2.45) is 0 Å². The van der Waals surface area contributed by atoms with E-state index in [1.807, 2.05) is 0 Å². The average molecular weight is 388 g/mol. The van der Waals surface area contributed by atoms with Crippen molar-refractivity contribution in [2.45, 2.75) is 0 Å². The Morgan fingerprint density at radius 3 is 1.91 bits per heavy atom. The number of hydrogen-bond acceptors (Lipinski definition) is 2. The van der Waals surface area contributed by atoms with Crippen LogP contribution in [0.3, 0.4) is 0 Å². The van der Waals surface area contributed by atoms with Gasteiger partial charge in [0.1, 0.15) is 5.82 Å². The first-order chi connectivity index (χ1) is 11.0. The summed E-state index contributed by atoms with van der Waals surface area (Å²) in [6.45, 7) is 0. The van der Waals surface area contributed by atoms with E-state index in [-0.39, 0.29) is 26.5 Å². The van der Waals surface area contributed by atoms with Gasteiger partial charge < -0.3 is 0 Å². The van der Waals surface area contributed by atoms with Crippen molar-refractivity contribution in [3.05, 3.63) is 68.6 Å². The first-order valence-electron chi connectivity index (χ1n) is 6.41. The lowest BCUT2D eigenvalue weighted by molar-refractivity contribution is 0.631. The van der Waals surface area contributed by atoms with Gasteiger partial charge in [-0.05, 0) is 29.8 Å². The van der Waals surface area contributed by atoms with Crippen LogP contribution in [0.15, 0.2) is 42.5 Å². The number of nitrogens with zero attached hydrogens (tertiary/aromatic N) is 2. The Hall–Kier alpha value is -1.39. The summed E-state index contributed by atoms with van der Waals surface area (Å²) in [5.41, 5.74) is 1.53. The molecule has 0 saturated heterocycles. The van der Waals surface area contributed by atoms with E-state index in [4.69, 9.17) is 46.4 Å². The highest BCUT2D eigenvalue weighted by molar-refractivity contribution is 6.38. The van der Waals surface area contributed by atoms with Crippen molar-refractivity contribution in [3.63, 3.8) is 0 Å². The van der Waals surface area contributed by atoms with E-state index in [0.29, 0.717) is 16.1 Å². The van der Waals surface area contributed by atoms with Gasteiger partial charge in [-0.15, -0.1) is 10.2 Å². The fraction of sp³-hybridized carbons (Fsp3) is 0. The summed E-state index contributed by atoms with van der Waals surface area (Å²) in [5, 5.41) is 8.43. The molecule has 0 radical (unpaired) electrons. The number of aromatic nitrogens is 2. The van der Waals surface area contributed by atoms with Crippen molar-refractivity contribution < 1.29 is 4.39 Å². The predicted molar refractivity (Wildman–Crippen MR) is 92.9 cm³/mol. The molecule has 3 aromatic rings. The standard InChI is InChI=1S/C16H7Cl4FN2/c17-9-6-4-8(5-7-9)12-14(16(20)23-22-15(12)19)13-10(18)2-1-3-11(13)21/h1-7H. The summed E-state index contributed by atoms with van der Waals surface area (Å²) in [7, 11) is 0.